The molecule has 3 nitrogen and oxygen atoms in total. The van der Waals surface area contributed by atoms with Gasteiger partial charge in [0, 0.05) is 11.5 Å². The van der Waals surface area contributed by atoms with Crippen molar-refractivity contribution in [1.82, 2.24) is 4.98 Å². The van der Waals surface area contributed by atoms with Crippen molar-refractivity contribution in [3.8, 4) is 0 Å². The van der Waals surface area contributed by atoms with Crippen molar-refractivity contribution in [3.05, 3.63) is 40.6 Å². The van der Waals surface area contributed by atoms with E-state index in [9.17, 15) is 13.6 Å². The molecule has 16 heavy (non-hydrogen) atoms. The van der Waals surface area contributed by atoms with E-state index in [4.69, 9.17) is 16.7 Å². The van der Waals surface area contributed by atoms with Gasteiger partial charge in [-0.3, -0.25) is 0 Å². The van der Waals surface area contributed by atoms with Crippen LogP contribution in [0.2, 0.25) is 5.02 Å². The van der Waals surface area contributed by atoms with Crippen molar-refractivity contribution >= 4 is 28.5 Å². The number of hydrogen-bond acceptors (Lipinski definition) is 2. The Hall–Kier alpha value is -1.75. The van der Waals surface area contributed by atoms with E-state index in [1.165, 1.54) is 0 Å². The van der Waals surface area contributed by atoms with Gasteiger partial charge in [-0.2, -0.15) is 0 Å². The number of nitrogens with zero attached hydrogens (tertiary/aromatic N) is 1. The van der Waals surface area contributed by atoms with Crippen molar-refractivity contribution < 1.29 is 18.7 Å². The van der Waals surface area contributed by atoms with Gasteiger partial charge in [0.1, 0.15) is 11.3 Å². The van der Waals surface area contributed by atoms with Crippen LogP contribution in [-0.4, -0.2) is 16.1 Å². The number of halogens is 3. The lowest BCUT2D eigenvalue weighted by Gasteiger charge is -2.03. The van der Waals surface area contributed by atoms with Crippen LogP contribution in [0.25, 0.3) is 10.9 Å². The van der Waals surface area contributed by atoms with Crippen molar-refractivity contribution in [3.63, 3.8) is 0 Å². The maximum atomic E-state index is 13.3. The number of hydrogen-bond donors (Lipinski definition) is 1. The minimum Gasteiger partial charge on any atom is -0.477 e. The van der Waals surface area contributed by atoms with Gasteiger partial charge in [-0.05, 0) is 12.1 Å². The largest absolute Gasteiger partial charge is 0.477 e. The molecule has 1 aromatic heterocycles. The van der Waals surface area contributed by atoms with Gasteiger partial charge in [-0.1, -0.05) is 11.6 Å². The molecule has 1 heterocycles. The average molecular weight is 244 g/mol. The molecule has 0 radical (unpaired) electrons. The van der Waals surface area contributed by atoms with Crippen LogP contribution in [0, 0.1) is 11.6 Å². The summed E-state index contributed by atoms with van der Waals surface area (Å²) in [5.74, 6) is -3.07. The number of benzene rings is 1. The van der Waals surface area contributed by atoms with E-state index >= 15 is 0 Å². The van der Waals surface area contributed by atoms with E-state index in [-0.39, 0.29) is 21.6 Å². The molecule has 0 fully saturated rings. The second-order valence-electron chi connectivity index (χ2n) is 3.08. The summed E-state index contributed by atoms with van der Waals surface area (Å²) in [5.41, 5.74) is -0.644. The minimum atomic E-state index is -1.33. The maximum absolute atomic E-state index is 13.3. The van der Waals surface area contributed by atoms with Crippen molar-refractivity contribution in [2.75, 3.05) is 0 Å². The molecule has 1 aromatic carbocycles. The van der Waals surface area contributed by atoms with Crippen LogP contribution in [0.4, 0.5) is 8.78 Å². The lowest BCUT2D eigenvalue weighted by molar-refractivity contribution is 0.0691. The van der Waals surface area contributed by atoms with Gasteiger partial charge < -0.3 is 5.11 Å². The van der Waals surface area contributed by atoms with E-state index in [0.717, 1.165) is 12.1 Å². The predicted molar refractivity (Wildman–Crippen MR) is 53.6 cm³/mol. The first-order valence-corrected chi connectivity index (χ1v) is 4.55. The minimum absolute atomic E-state index is 0.0455. The highest BCUT2D eigenvalue weighted by atomic mass is 35.5. The smallest absolute Gasteiger partial charge is 0.354 e. The molecule has 0 unspecified atom stereocenters. The molecule has 0 amide bonds. The monoisotopic (exact) mass is 243 g/mol. The first-order valence-electron chi connectivity index (χ1n) is 4.17. The number of carbonyl (C=O) groups is 1. The Morgan fingerprint density at radius 2 is 2.00 bits per heavy atom. The van der Waals surface area contributed by atoms with Crippen LogP contribution in [-0.2, 0) is 0 Å². The van der Waals surface area contributed by atoms with Crippen LogP contribution in [0.3, 0.4) is 0 Å². The van der Waals surface area contributed by atoms with Crippen LogP contribution in [0.1, 0.15) is 10.5 Å². The van der Waals surface area contributed by atoms with Crippen LogP contribution >= 0.6 is 11.6 Å². The summed E-state index contributed by atoms with van der Waals surface area (Å²) in [7, 11) is 0. The molecule has 6 heteroatoms. The van der Waals surface area contributed by atoms with E-state index in [1.807, 2.05) is 0 Å². The van der Waals surface area contributed by atoms with E-state index in [1.54, 1.807) is 0 Å². The van der Waals surface area contributed by atoms with Crippen LogP contribution < -0.4 is 0 Å². The predicted octanol–water partition coefficient (Wildman–Crippen LogP) is 2.86. The van der Waals surface area contributed by atoms with Crippen molar-refractivity contribution in [2.24, 2.45) is 0 Å². The highest BCUT2D eigenvalue weighted by molar-refractivity contribution is 6.35. The molecule has 0 bridgehead atoms. The van der Waals surface area contributed by atoms with Crippen molar-refractivity contribution in [1.29, 1.82) is 0 Å². The lowest BCUT2D eigenvalue weighted by atomic mass is 10.2. The molecular formula is C10H4ClF2NO2. The highest BCUT2D eigenvalue weighted by Crippen LogP contribution is 2.26. The summed E-state index contributed by atoms with van der Waals surface area (Å²) < 4.78 is 26.2. The molecule has 0 aliphatic rings. The Kier molecular flexibility index (Phi) is 2.47. The quantitative estimate of drug-likeness (QED) is 0.838. The third-order valence-corrected chi connectivity index (χ3v) is 2.31. The zero-order valence-corrected chi connectivity index (χ0v) is 8.42. The summed E-state index contributed by atoms with van der Waals surface area (Å²) in [6, 6.07) is 2.67. The third-order valence-electron chi connectivity index (χ3n) is 2.00. The molecule has 82 valence electrons. The molecule has 2 aromatic rings. The fraction of sp³-hybridized carbons (Fsp3) is 0. The lowest BCUT2D eigenvalue weighted by Crippen LogP contribution is -2.01. The zero-order chi connectivity index (χ0) is 11.9. The summed E-state index contributed by atoms with van der Waals surface area (Å²) in [4.78, 5) is 14.2. The topological polar surface area (TPSA) is 50.2 Å². The summed E-state index contributed by atoms with van der Waals surface area (Å²) in [5, 5.41) is 8.69. The van der Waals surface area contributed by atoms with Crippen molar-refractivity contribution in [2.45, 2.75) is 0 Å². The second-order valence-corrected chi connectivity index (χ2v) is 3.49. The maximum Gasteiger partial charge on any atom is 0.354 e. The molecule has 2 rings (SSSR count). The number of aromatic carboxylic acids is 1. The molecule has 0 aliphatic heterocycles. The van der Waals surface area contributed by atoms with Gasteiger partial charge in [0.15, 0.2) is 11.5 Å². The molecule has 0 saturated carbocycles. The molecule has 0 aliphatic carbocycles. The summed E-state index contributed by atoms with van der Waals surface area (Å²) >= 11 is 5.71. The average Bonchev–Trinajstić information content (AvgIpc) is 2.19. The van der Waals surface area contributed by atoms with Gasteiger partial charge in [0.25, 0.3) is 0 Å². The van der Waals surface area contributed by atoms with E-state index in [2.05, 4.69) is 4.98 Å². The third kappa shape index (κ3) is 1.69. The van der Waals surface area contributed by atoms with Crippen LogP contribution in [0.5, 0.6) is 0 Å². The highest BCUT2D eigenvalue weighted by Gasteiger charge is 2.13. The number of carboxylic acid groups (broad SMARTS) is 1. The SMILES string of the molecule is O=C(O)c1cc(Cl)c2cc(F)cc(F)c2n1. The fourth-order valence-electron chi connectivity index (χ4n) is 1.32. The molecule has 1 N–H and O–H groups in total. The van der Waals surface area contributed by atoms with E-state index in [0.29, 0.717) is 6.07 Å². The Labute approximate surface area is 93.3 Å². The van der Waals surface area contributed by atoms with Gasteiger partial charge in [0.05, 0.1) is 5.02 Å². The number of fused-ring (bicyclic) bond motifs is 1. The molecular weight excluding hydrogens is 240 g/mol. The molecule has 0 saturated heterocycles. The number of rotatable bonds is 1. The summed E-state index contributed by atoms with van der Waals surface area (Å²) in [6.07, 6.45) is 0. The number of aromatic nitrogens is 1. The first-order chi connectivity index (χ1) is 7.49. The fourth-order valence-corrected chi connectivity index (χ4v) is 1.57. The van der Waals surface area contributed by atoms with Gasteiger partial charge in [-0.15, -0.1) is 0 Å². The second kappa shape index (κ2) is 3.68. The molecule has 0 spiro atoms. The standard InChI is InChI=1S/C10H4ClF2NO2/c11-6-3-8(10(15)16)14-9-5(6)1-4(12)2-7(9)13/h1-3H,(H,15,16). The zero-order valence-electron chi connectivity index (χ0n) is 7.67. The number of pyridine rings is 1. The Morgan fingerprint density at radius 3 is 2.62 bits per heavy atom. The van der Waals surface area contributed by atoms with E-state index < -0.39 is 17.6 Å². The van der Waals surface area contributed by atoms with Gasteiger partial charge in [0.2, 0.25) is 0 Å². The summed E-state index contributed by atoms with van der Waals surface area (Å²) in [6.45, 7) is 0. The first kappa shape index (κ1) is 10.8. The van der Waals surface area contributed by atoms with Crippen LogP contribution in [0.15, 0.2) is 18.2 Å². The Bertz CT molecular complexity index is 601. The number of carboxylic acids is 1. The molecule has 0 atom stereocenters. The Morgan fingerprint density at radius 1 is 1.31 bits per heavy atom. The van der Waals surface area contributed by atoms with Gasteiger partial charge >= 0.3 is 5.97 Å². The van der Waals surface area contributed by atoms with Gasteiger partial charge in [-0.25, -0.2) is 18.6 Å². The normalized spacial score (nSPS) is 10.7. The Balaban J connectivity index is 2.87.